The second-order valence-corrected chi connectivity index (χ2v) is 9.47. The maximum Gasteiger partial charge on any atom is 0.328 e. The van der Waals surface area contributed by atoms with E-state index in [4.69, 9.17) is 10.5 Å². The lowest BCUT2D eigenvalue weighted by molar-refractivity contribution is -0.130. The number of anilines is 1. The third-order valence-electron chi connectivity index (χ3n) is 6.45. The minimum absolute atomic E-state index is 0.141. The fourth-order valence-electron chi connectivity index (χ4n) is 4.18. The standard InChI is InChI=1S/C25H36N8O3/c1-4-5-14-36-24-28-22(26)21-23(29-24)33(25(35)27-21)16-19-8-6-18(7-9-19)15-31-10-12-32(13-11-31)17-20(34)30(2)3/h6-9H,4-5,10-17H2,1-3H3,(H,27,35)(H2,26,28,29). The summed E-state index contributed by atoms with van der Waals surface area (Å²) in [6.07, 6.45) is 1.88. The number of nitrogens with zero attached hydrogens (tertiary/aromatic N) is 6. The number of benzene rings is 1. The summed E-state index contributed by atoms with van der Waals surface area (Å²) in [4.78, 5) is 42.2. The summed E-state index contributed by atoms with van der Waals surface area (Å²) >= 11 is 0. The van der Waals surface area contributed by atoms with E-state index >= 15 is 0 Å². The van der Waals surface area contributed by atoms with Gasteiger partial charge in [-0.25, -0.2) is 4.79 Å². The van der Waals surface area contributed by atoms with Gasteiger partial charge in [0.05, 0.1) is 19.7 Å². The van der Waals surface area contributed by atoms with Crippen molar-refractivity contribution in [3.05, 3.63) is 45.9 Å². The first-order valence-electron chi connectivity index (χ1n) is 12.5. The Balaban J connectivity index is 1.38. The summed E-state index contributed by atoms with van der Waals surface area (Å²) in [5.41, 5.74) is 8.82. The first-order chi connectivity index (χ1) is 17.3. The van der Waals surface area contributed by atoms with Gasteiger partial charge in [-0.2, -0.15) is 9.97 Å². The van der Waals surface area contributed by atoms with Gasteiger partial charge in [0.25, 0.3) is 0 Å². The van der Waals surface area contributed by atoms with E-state index in [0.29, 0.717) is 30.9 Å². The van der Waals surface area contributed by atoms with E-state index in [1.54, 1.807) is 23.6 Å². The van der Waals surface area contributed by atoms with Crippen LogP contribution in [0.2, 0.25) is 0 Å². The number of nitrogen functional groups attached to an aromatic ring is 1. The number of aromatic amines is 1. The monoisotopic (exact) mass is 496 g/mol. The molecule has 0 saturated carbocycles. The second-order valence-electron chi connectivity index (χ2n) is 9.47. The number of fused-ring (bicyclic) bond motifs is 1. The van der Waals surface area contributed by atoms with Crippen LogP contribution in [0.5, 0.6) is 6.01 Å². The van der Waals surface area contributed by atoms with Gasteiger partial charge in [0.1, 0.15) is 5.52 Å². The van der Waals surface area contributed by atoms with E-state index in [1.807, 2.05) is 12.1 Å². The molecule has 0 aliphatic carbocycles. The zero-order chi connectivity index (χ0) is 25.7. The Morgan fingerprint density at radius 3 is 2.33 bits per heavy atom. The molecular weight excluding hydrogens is 460 g/mol. The predicted octanol–water partition coefficient (Wildman–Crippen LogP) is 1.13. The predicted molar refractivity (Wildman–Crippen MR) is 139 cm³/mol. The molecule has 11 heteroatoms. The minimum atomic E-state index is -0.286. The van der Waals surface area contributed by atoms with Gasteiger partial charge in [-0.1, -0.05) is 37.6 Å². The van der Waals surface area contributed by atoms with Crippen LogP contribution in [0.3, 0.4) is 0 Å². The summed E-state index contributed by atoms with van der Waals surface area (Å²) in [6, 6.07) is 8.45. The number of H-pyrrole nitrogens is 1. The highest BCUT2D eigenvalue weighted by molar-refractivity contribution is 5.82. The quantitative estimate of drug-likeness (QED) is 0.400. The van der Waals surface area contributed by atoms with Gasteiger partial charge < -0.3 is 20.4 Å². The van der Waals surface area contributed by atoms with Crippen molar-refractivity contribution in [2.45, 2.75) is 32.9 Å². The van der Waals surface area contributed by atoms with Crippen LogP contribution in [0.4, 0.5) is 5.82 Å². The molecule has 1 aliphatic heterocycles. The highest BCUT2D eigenvalue weighted by Crippen LogP contribution is 2.19. The molecule has 3 aromatic rings. The van der Waals surface area contributed by atoms with E-state index in [2.05, 4.69) is 43.8 Å². The number of unbranched alkanes of at least 4 members (excludes halogenated alkanes) is 1. The van der Waals surface area contributed by atoms with E-state index in [-0.39, 0.29) is 23.4 Å². The van der Waals surface area contributed by atoms with Crippen LogP contribution in [0, 0.1) is 0 Å². The molecule has 1 amide bonds. The number of imidazole rings is 1. The topological polar surface area (TPSA) is 126 Å². The Morgan fingerprint density at radius 1 is 1.06 bits per heavy atom. The van der Waals surface area contributed by atoms with Crippen molar-refractivity contribution in [2.24, 2.45) is 0 Å². The van der Waals surface area contributed by atoms with E-state index < -0.39 is 0 Å². The Morgan fingerprint density at radius 2 is 1.69 bits per heavy atom. The molecule has 0 atom stereocenters. The molecule has 3 N–H and O–H groups in total. The van der Waals surface area contributed by atoms with Crippen molar-refractivity contribution in [1.82, 2.24) is 34.2 Å². The number of hydrogen-bond acceptors (Lipinski definition) is 8. The molecule has 0 radical (unpaired) electrons. The summed E-state index contributed by atoms with van der Waals surface area (Å²) < 4.78 is 7.17. The first-order valence-corrected chi connectivity index (χ1v) is 12.5. The van der Waals surface area contributed by atoms with Crippen LogP contribution in [-0.2, 0) is 17.9 Å². The van der Waals surface area contributed by atoms with E-state index in [0.717, 1.165) is 51.1 Å². The lowest BCUT2D eigenvalue weighted by atomic mass is 10.1. The van der Waals surface area contributed by atoms with Crippen molar-refractivity contribution < 1.29 is 9.53 Å². The molecule has 36 heavy (non-hydrogen) atoms. The number of ether oxygens (including phenoxy) is 1. The lowest BCUT2D eigenvalue weighted by Gasteiger charge is -2.34. The molecule has 4 rings (SSSR count). The molecule has 1 fully saturated rings. The largest absolute Gasteiger partial charge is 0.463 e. The molecule has 2 aromatic heterocycles. The molecule has 0 unspecified atom stereocenters. The fraction of sp³-hybridized carbons (Fsp3) is 0.520. The number of nitrogens with one attached hydrogen (secondary N) is 1. The number of likely N-dealkylation sites (N-methyl/N-ethyl adjacent to an activating group) is 1. The Bertz CT molecular complexity index is 1230. The Labute approximate surface area is 210 Å². The maximum absolute atomic E-state index is 12.6. The third kappa shape index (κ3) is 6.21. The number of hydrogen-bond donors (Lipinski definition) is 2. The molecule has 3 heterocycles. The fourth-order valence-corrected chi connectivity index (χ4v) is 4.18. The third-order valence-corrected chi connectivity index (χ3v) is 6.45. The summed E-state index contributed by atoms with van der Waals surface area (Å²) in [5, 5.41) is 0. The van der Waals surface area contributed by atoms with Crippen molar-refractivity contribution >= 4 is 22.9 Å². The number of amides is 1. The number of piperazine rings is 1. The van der Waals surface area contributed by atoms with Gasteiger partial charge in [0.2, 0.25) is 5.91 Å². The Kier molecular flexibility index (Phi) is 8.21. The number of aromatic nitrogens is 4. The normalized spacial score (nSPS) is 14.9. The van der Waals surface area contributed by atoms with Gasteiger partial charge in [0.15, 0.2) is 11.5 Å². The maximum atomic E-state index is 12.6. The molecule has 0 bridgehead atoms. The van der Waals surface area contributed by atoms with Crippen molar-refractivity contribution in [1.29, 1.82) is 0 Å². The molecule has 194 valence electrons. The Hall–Kier alpha value is -3.44. The minimum Gasteiger partial charge on any atom is -0.463 e. The summed E-state index contributed by atoms with van der Waals surface area (Å²) in [6.45, 7) is 7.90. The number of rotatable bonds is 10. The van der Waals surface area contributed by atoms with Gasteiger partial charge in [0, 0.05) is 46.8 Å². The number of carbonyl (C=O) groups is 1. The van der Waals surface area contributed by atoms with Crippen LogP contribution in [-0.4, -0.2) is 93.6 Å². The zero-order valence-corrected chi connectivity index (χ0v) is 21.4. The highest BCUT2D eigenvalue weighted by atomic mass is 16.5. The highest BCUT2D eigenvalue weighted by Gasteiger charge is 2.20. The van der Waals surface area contributed by atoms with E-state index in [9.17, 15) is 9.59 Å². The van der Waals surface area contributed by atoms with Gasteiger partial charge in [-0.3, -0.25) is 19.2 Å². The average Bonchev–Trinajstić information content (AvgIpc) is 3.17. The van der Waals surface area contributed by atoms with Crippen molar-refractivity contribution in [2.75, 3.05) is 59.2 Å². The zero-order valence-electron chi connectivity index (χ0n) is 21.4. The average molecular weight is 497 g/mol. The van der Waals surface area contributed by atoms with Crippen molar-refractivity contribution in [3.8, 4) is 6.01 Å². The molecule has 0 spiro atoms. The molecule has 1 aliphatic rings. The summed E-state index contributed by atoms with van der Waals surface area (Å²) in [5.74, 6) is 0.339. The van der Waals surface area contributed by atoms with E-state index in [1.165, 1.54) is 5.56 Å². The van der Waals surface area contributed by atoms with Crippen LogP contribution in [0.15, 0.2) is 29.1 Å². The van der Waals surface area contributed by atoms with Crippen LogP contribution in [0.1, 0.15) is 30.9 Å². The van der Waals surface area contributed by atoms with Gasteiger partial charge >= 0.3 is 11.7 Å². The SMILES string of the molecule is CCCCOc1nc(N)c2[nH]c(=O)n(Cc3ccc(CN4CCN(CC(=O)N(C)C)CC4)cc3)c2n1. The van der Waals surface area contributed by atoms with Gasteiger partial charge in [-0.15, -0.1) is 0 Å². The molecular formula is C25H36N8O3. The second kappa shape index (κ2) is 11.5. The molecule has 1 aromatic carbocycles. The van der Waals surface area contributed by atoms with Gasteiger partial charge in [-0.05, 0) is 17.5 Å². The van der Waals surface area contributed by atoms with Crippen molar-refractivity contribution in [3.63, 3.8) is 0 Å². The lowest BCUT2D eigenvalue weighted by Crippen LogP contribution is -2.48. The summed E-state index contributed by atoms with van der Waals surface area (Å²) in [7, 11) is 3.58. The molecule has 11 nitrogen and oxygen atoms in total. The van der Waals surface area contributed by atoms with Crippen LogP contribution in [0.25, 0.3) is 11.2 Å². The van der Waals surface area contributed by atoms with Crippen LogP contribution >= 0.6 is 0 Å². The van der Waals surface area contributed by atoms with Crippen LogP contribution < -0.4 is 16.2 Å². The number of nitrogens with two attached hydrogens (primary N) is 1. The first kappa shape index (κ1) is 25.6. The molecule has 1 saturated heterocycles. The smallest absolute Gasteiger partial charge is 0.328 e. The number of carbonyl (C=O) groups excluding carboxylic acids is 1.